The normalized spacial score (nSPS) is 9.39. The van der Waals surface area contributed by atoms with Gasteiger partial charge in [-0.1, -0.05) is 30.3 Å². The van der Waals surface area contributed by atoms with Gasteiger partial charge in [0.15, 0.2) is 0 Å². The first-order valence-electron chi connectivity index (χ1n) is 5.45. The summed E-state index contributed by atoms with van der Waals surface area (Å²) in [4.78, 5) is 11.9. The first kappa shape index (κ1) is 14.2. The lowest BCUT2D eigenvalue weighted by Crippen LogP contribution is -2.12. The largest absolute Gasteiger partial charge is 0.326 e. The smallest absolute Gasteiger partial charge is 0.255 e. The van der Waals surface area contributed by atoms with Crippen LogP contribution in [0.4, 0.5) is 5.69 Å². The predicted molar refractivity (Wildman–Crippen MR) is 76.0 cm³/mol. The summed E-state index contributed by atoms with van der Waals surface area (Å²) in [5.74, 6) is -0.119. The molecule has 3 N–H and O–H groups in total. The third-order valence-corrected chi connectivity index (χ3v) is 2.46. The van der Waals surface area contributed by atoms with E-state index in [0.29, 0.717) is 12.1 Å². The molecular formula is C14H15ClN2O. The van der Waals surface area contributed by atoms with E-state index < -0.39 is 0 Å². The van der Waals surface area contributed by atoms with Gasteiger partial charge in [-0.05, 0) is 29.8 Å². The monoisotopic (exact) mass is 262 g/mol. The molecule has 0 radical (unpaired) electrons. The summed E-state index contributed by atoms with van der Waals surface area (Å²) in [6.07, 6.45) is 0. The molecular weight excluding hydrogens is 248 g/mol. The molecule has 94 valence electrons. The van der Waals surface area contributed by atoms with Crippen LogP contribution in [-0.4, -0.2) is 5.91 Å². The molecule has 2 aromatic carbocycles. The number of halogens is 1. The van der Waals surface area contributed by atoms with Crippen LogP contribution in [0, 0.1) is 0 Å². The van der Waals surface area contributed by atoms with E-state index in [1.807, 2.05) is 42.5 Å². The molecule has 2 rings (SSSR count). The van der Waals surface area contributed by atoms with Crippen LogP contribution in [-0.2, 0) is 6.54 Å². The van der Waals surface area contributed by atoms with Gasteiger partial charge in [0.1, 0.15) is 0 Å². The number of carbonyl (C=O) groups is 1. The minimum absolute atomic E-state index is 0. The first-order chi connectivity index (χ1) is 8.29. The van der Waals surface area contributed by atoms with E-state index in [-0.39, 0.29) is 18.3 Å². The second kappa shape index (κ2) is 6.79. The Kier molecular flexibility index (Phi) is 5.36. The van der Waals surface area contributed by atoms with E-state index in [9.17, 15) is 4.79 Å². The fourth-order valence-corrected chi connectivity index (χ4v) is 1.56. The molecule has 0 aliphatic heterocycles. The molecule has 1 amide bonds. The number of para-hydroxylation sites is 1. The molecule has 0 aromatic heterocycles. The molecule has 0 bridgehead atoms. The van der Waals surface area contributed by atoms with E-state index in [4.69, 9.17) is 5.73 Å². The Morgan fingerprint density at radius 1 is 1.06 bits per heavy atom. The summed E-state index contributed by atoms with van der Waals surface area (Å²) < 4.78 is 0. The molecule has 0 atom stereocenters. The zero-order valence-corrected chi connectivity index (χ0v) is 10.6. The standard InChI is InChI=1S/C14H14N2O.ClH/c15-10-11-5-4-6-12(9-11)14(17)16-13-7-2-1-3-8-13;/h1-9H,10,15H2,(H,16,17);1H. The maximum Gasteiger partial charge on any atom is 0.255 e. The van der Waals surface area contributed by atoms with Crippen molar-refractivity contribution in [3.05, 3.63) is 65.7 Å². The molecule has 3 nitrogen and oxygen atoms in total. The lowest BCUT2D eigenvalue weighted by atomic mass is 10.1. The van der Waals surface area contributed by atoms with Gasteiger partial charge in [-0.3, -0.25) is 4.79 Å². The van der Waals surface area contributed by atoms with E-state index in [1.165, 1.54) is 0 Å². The zero-order valence-electron chi connectivity index (χ0n) is 9.80. The minimum Gasteiger partial charge on any atom is -0.326 e. The van der Waals surface area contributed by atoms with Crippen LogP contribution in [0.2, 0.25) is 0 Å². The highest BCUT2D eigenvalue weighted by Gasteiger charge is 2.05. The van der Waals surface area contributed by atoms with Gasteiger partial charge in [0.2, 0.25) is 0 Å². The van der Waals surface area contributed by atoms with Gasteiger partial charge >= 0.3 is 0 Å². The Morgan fingerprint density at radius 2 is 1.78 bits per heavy atom. The van der Waals surface area contributed by atoms with Crippen molar-refractivity contribution in [1.29, 1.82) is 0 Å². The van der Waals surface area contributed by atoms with Crippen molar-refractivity contribution >= 4 is 24.0 Å². The number of nitrogens with two attached hydrogens (primary N) is 1. The average Bonchev–Trinajstić information content (AvgIpc) is 2.40. The van der Waals surface area contributed by atoms with Crippen molar-refractivity contribution in [2.75, 3.05) is 5.32 Å². The highest BCUT2D eigenvalue weighted by atomic mass is 35.5. The molecule has 0 aliphatic carbocycles. The number of amides is 1. The van der Waals surface area contributed by atoms with Gasteiger partial charge in [0.05, 0.1) is 0 Å². The van der Waals surface area contributed by atoms with E-state index in [0.717, 1.165) is 11.3 Å². The summed E-state index contributed by atoms with van der Waals surface area (Å²) in [5.41, 5.74) is 7.90. The summed E-state index contributed by atoms with van der Waals surface area (Å²) in [5, 5.41) is 2.83. The van der Waals surface area contributed by atoms with E-state index >= 15 is 0 Å². The van der Waals surface area contributed by atoms with Crippen molar-refractivity contribution < 1.29 is 4.79 Å². The topological polar surface area (TPSA) is 55.1 Å². The maximum absolute atomic E-state index is 11.9. The van der Waals surface area contributed by atoms with Gasteiger partial charge in [-0.2, -0.15) is 0 Å². The third-order valence-electron chi connectivity index (χ3n) is 2.46. The molecule has 0 spiro atoms. The lowest BCUT2D eigenvalue weighted by molar-refractivity contribution is 0.102. The Morgan fingerprint density at radius 3 is 2.44 bits per heavy atom. The SMILES string of the molecule is Cl.NCc1cccc(C(=O)Nc2ccccc2)c1. The van der Waals surface area contributed by atoms with Crippen LogP contribution in [0.25, 0.3) is 0 Å². The molecule has 0 aliphatic rings. The number of benzene rings is 2. The van der Waals surface area contributed by atoms with Gasteiger partial charge in [0, 0.05) is 17.8 Å². The van der Waals surface area contributed by atoms with E-state index in [1.54, 1.807) is 12.1 Å². The molecule has 2 aromatic rings. The van der Waals surface area contributed by atoms with Crippen LogP contribution >= 0.6 is 12.4 Å². The molecule has 0 heterocycles. The van der Waals surface area contributed by atoms with Crippen LogP contribution in [0.15, 0.2) is 54.6 Å². The second-order valence-electron chi connectivity index (χ2n) is 3.72. The Balaban J connectivity index is 0.00000162. The summed E-state index contributed by atoms with van der Waals surface area (Å²) in [7, 11) is 0. The molecule has 4 heteroatoms. The highest BCUT2D eigenvalue weighted by Crippen LogP contribution is 2.10. The molecule has 0 unspecified atom stereocenters. The van der Waals surface area contributed by atoms with Crippen LogP contribution in [0.5, 0.6) is 0 Å². The van der Waals surface area contributed by atoms with Gasteiger partial charge in [-0.25, -0.2) is 0 Å². The molecule has 18 heavy (non-hydrogen) atoms. The fourth-order valence-electron chi connectivity index (χ4n) is 1.56. The number of rotatable bonds is 3. The summed E-state index contributed by atoms with van der Waals surface area (Å²) in [6, 6.07) is 16.7. The Labute approximate surface area is 112 Å². The van der Waals surface area contributed by atoms with Crippen molar-refractivity contribution in [2.24, 2.45) is 5.73 Å². The average molecular weight is 263 g/mol. The maximum atomic E-state index is 11.9. The quantitative estimate of drug-likeness (QED) is 0.894. The van der Waals surface area contributed by atoms with Crippen LogP contribution in [0.1, 0.15) is 15.9 Å². The van der Waals surface area contributed by atoms with Crippen molar-refractivity contribution in [3.8, 4) is 0 Å². The Hall–Kier alpha value is -1.84. The van der Waals surface area contributed by atoms with Crippen LogP contribution < -0.4 is 11.1 Å². The number of carbonyl (C=O) groups excluding carboxylic acids is 1. The van der Waals surface area contributed by atoms with Crippen molar-refractivity contribution in [1.82, 2.24) is 0 Å². The number of hydrogen-bond acceptors (Lipinski definition) is 2. The summed E-state index contributed by atoms with van der Waals surface area (Å²) >= 11 is 0. The number of hydrogen-bond donors (Lipinski definition) is 2. The zero-order chi connectivity index (χ0) is 12.1. The van der Waals surface area contributed by atoms with Crippen molar-refractivity contribution in [3.63, 3.8) is 0 Å². The highest BCUT2D eigenvalue weighted by molar-refractivity contribution is 6.04. The third kappa shape index (κ3) is 3.58. The molecule has 0 saturated heterocycles. The van der Waals surface area contributed by atoms with Gasteiger partial charge in [0.25, 0.3) is 5.91 Å². The second-order valence-corrected chi connectivity index (χ2v) is 3.72. The van der Waals surface area contributed by atoms with Gasteiger partial charge in [-0.15, -0.1) is 12.4 Å². The Bertz CT molecular complexity index is 514. The fraction of sp³-hybridized carbons (Fsp3) is 0.0714. The van der Waals surface area contributed by atoms with E-state index in [2.05, 4.69) is 5.32 Å². The summed E-state index contributed by atoms with van der Waals surface area (Å²) in [6.45, 7) is 0.437. The van der Waals surface area contributed by atoms with Crippen molar-refractivity contribution in [2.45, 2.75) is 6.54 Å². The lowest BCUT2D eigenvalue weighted by Gasteiger charge is -2.06. The molecule has 0 fully saturated rings. The number of nitrogens with one attached hydrogen (secondary N) is 1. The first-order valence-corrected chi connectivity index (χ1v) is 5.45. The number of anilines is 1. The molecule has 0 saturated carbocycles. The minimum atomic E-state index is -0.119. The predicted octanol–water partition coefficient (Wildman–Crippen LogP) is 2.82. The van der Waals surface area contributed by atoms with Crippen LogP contribution in [0.3, 0.4) is 0 Å². The van der Waals surface area contributed by atoms with Gasteiger partial charge < -0.3 is 11.1 Å².